The maximum absolute atomic E-state index is 13.4. The van der Waals surface area contributed by atoms with Crippen molar-refractivity contribution in [3.63, 3.8) is 0 Å². The van der Waals surface area contributed by atoms with E-state index >= 15 is 0 Å². The molecule has 0 spiro atoms. The van der Waals surface area contributed by atoms with Crippen LogP contribution in [0, 0.1) is 5.82 Å². The lowest BCUT2D eigenvalue weighted by molar-refractivity contribution is 0.628. The van der Waals surface area contributed by atoms with Gasteiger partial charge < -0.3 is 5.32 Å². The second-order valence-corrected chi connectivity index (χ2v) is 5.66. The molecule has 4 heteroatoms. The van der Waals surface area contributed by atoms with Gasteiger partial charge in [-0.3, -0.25) is 0 Å². The Balaban J connectivity index is 1.78. The molecule has 1 N–H and O–H groups in total. The van der Waals surface area contributed by atoms with E-state index in [4.69, 9.17) is 0 Å². The summed E-state index contributed by atoms with van der Waals surface area (Å²) >= 11 is 0. The van der Waals surface area contributed by atoms with Gasteiger partial charge in [-0.2, -0.15) is 5.10 Å². The van der Waals surface area contributed by atoms with Crippen molar-refractivity contribution in [2.45, 2.75) is 0 Å². The standard InChI is InChI=1S/C20H16FN3/c1-22-18-7-3-4-14(11-18)15-8-9-24-19(12-15)13-20(23-24)16-5-2-6-17(21)10-16/h2-13,22H,1H3. The first-order valence-electron chi connectivity index (χ1n) is 7.76. The summed E-state index contributed by atoms with van der Waals surface area (Å²) in [5, 5.41) is 7.68. The molecule has 0 saturated heterocycles. The van der Waals surface area contributed by atoms with E-state index in [1.807, 2.05) is 48.1 Å². The number of anilines is 1. The van der Waals surface area contributed by atoms with Gasteiger partial charge in [0.2, 0.25) is 0 Å². The molecule has 0 aliphatic carbocycles. The van der Waals surface area contributed by atoms with Crippen LogP contribution >= 0.6 is 0 Å². The molecule has 4 aromatic rings. The topological polar surface area (TPSA) is 29.3 Å². The molecule has 4 rings (SSSR count). The molecular weight excluding hydrogens is 301 g/mol. The van der Waals surface area contributed by atoms with Crippen molar-refractivity contribution in [3.8, 4) is 22.4 Å². The number of halogens is 1. The normalized spacial score (nSPS) is 10.9. The van der Waals surface area contributed by atoms with E-state index < -0.39 is 0 Å². The van der Waals surface area contributed by atoms with Gasteiger partial charge in [0.05, 0.1) is 11.2 Å². The van der Waals surface area contributed by atoms with Crippen LogP contribution in [0.1, 0.15) is 0 Å². The molecule has 0 radical (unpaired) electrons. The lowest BCUT2D eigenvalue weighted by Gasteiger charge is -2.05. The maximum atomic E-state index is 13.4. The van der Waals surface area contributed by atoms with Gasteiger partial charge in [-0.15, -0.1) is 0 Å². The zero-order chi connectivity index (χ0) is 16.5. The highest BCUT2D eigenvalue weighted by molar-refractivity contribution is 5.74. The van der Waals surface area contributed by atoms with Crippen molar-refractivity contribution in [1.82, 2.24) is 9.61 Å². The molecule has 2 heterocycles. The molecule has 118 valence electrons. The van der Waals surface area contributed by atoms with Crippen LogP contribution in [-0.2, 0) is 0 Å². The lowest BCUT2D eigenvalue weighted by atomic mass is 10.1. The SMILES string of the molecule is CNc1cccc(-c2ccn3nc(-c4cccc(F)c4)cc3c2)c1. The molecule has 0 fully saturated rings. The van der Waals surface area contributed by atoms with Crippen molar-refractivity contribution >= 4 is 11.2 Å². The minimum Gasteiger partial charge on any atom is -0.388 e. The molecule has 0 aliphatic heterocycles. The molecule has 24 heavy (non-hydrogen) atoms. The van der Waals surface area contributed by atoms with Gasteiger partial charge in [-0.05, 0) is 53.6 Å². The van der Waals surface area contributed by atoms with E-state index in [-0.39, 0.29) is 5.82 Å². The molecule has 0 unspecified atom stereocenters. The summed E-state index contributed by atoms with van der Waals surface area (Å²) in [4.78, 5) is 0. The van der Waals surface area contributed by atoms with Crippen LogP contribution in [0.3, 0.4) is 0 Å². The third kappa shape index (κ3) is 2.63. The fourth-order valence-electron chi connectivity index (χ4n) is 2.82. The second kappa shape index (κ2) is 5.81. The number of benzene rings is 2. The van der Waals surface area contributed by atoms with E-state index in [1.165, 1.54) is 12.1 Å². The Labute approximate surface area is 139 Å². The molecule has 3 nitrogen and oxygen atoms in total. The number of pyridine rings is 1. The Hall–Kier alpha value is -3.14. The van der Waals surface area contributed by atoms with E-state index in [2.05, 4.69) is 28.6 Å². The number of fused-ring (bicyclic) bond motifs is 1. The highest BCUT2D eigenvalue weighted by Crippen LogP contribution is 2.26. The van der Waals surface area contributed by atoms with Crippen LogP contribution in [-0.4, -0.2) is 16.7 Å². The van der Waals surface area contributed by atoms with E-state index in [1.54, 1.807) is 6.07 Å². The second-order valence-electron chi connectivity index (χ2n) is 5.66. The van der Waals surface area contributed by atoms with Crippen molar-refractivity contribution in [1.29, 1.82) is 0 Å². The summed E-state index contributed by atoms with van der Waals surface area (Å²) in [5.41, 5.74) is 5.83. The van der Waals surface area contributed by atoms with Crippen molar-refractivity contribution in [2.24, 2.45) is 0 Å². The van der Waals surface area contributed by atoms with E-state index in [9.17, 15) is 4.39 Å². The Morgan fingerprint density at radius 1 is 0.875 bits per heavy atom. The van der Waals surface area contributed by atoms with Crippen molar-refractivity contribution in [3.05, 3.63) is 78.7 Å². The largest absolute Gasteiger partial charge is 0.388 e. The summed E-state index contributed by atoms with van der Waals surface area (Å²) in [5.74, 6) is -0.255. The average Bonchev–Trinajstić information content (AvgIpc) is 3.05. The Morgan fingerprint density at radius 2 is 1.67 bits per heavy atom. The molecule has 0 saturated carbocycles. The summed E-state index contributed by atoms with van der Waals surface area (Å²) in [7, 11) is 1.91. The third-order valence-electron chi connectivity index (χ3n) is 4.07. The molecule has 0 amide bonds. The molecule has 0 atom stereocenters. The first kappa shape index (κ1) is 14.5. The Kier molecular flexibility index (Phi) is 3.50. The fourth-order valence-corrected chi connectivity index (χ4v) is 2.82. The maximum Gasteiger partial charge on any atom is 0.123 e. The summed E-state index contributed by atoms with van der Waals surface area (Å²) < 4.78 is 15.2. The van der Waals surface area contributed by atoms with Crippen molar-refractivity contribution in [2.75, 3.05) is 12.4 Å². The van der Waals surface area contributed by atoms with Crippen LogP contribution in [0.15, 0.2) is 72.9 Å². The van der Waals surface area contributed by atoms with Gasteiger partial charge in [0.25, 0.3) is 0 Å². The van der Waals surface area contributed by atoms with Crippen molar-refractivity contribution < 1.29 is 4.39 Å². The van der Waals surface area contributed by atoms with Crippen LogP contribution in [0.5, 0.6) is 0 Å². The van der Waals surface area contributed by atoms with E-state index in [0.717, 1.165) is 33.6 Å². The van der Waals surface area contributed by atoms with Crippen LogP contribution in [0.25, 0.3) is 27.9 Å². The summed E-state index contributed by atoms with van der Waals surface area (Å²) in [6.07, 6.45) is 1.93. The molecular formula is C20H16FN3. The average molecular weight is 317 g/mol. The highest BCUT2D eigenvalue weighted by atomic mass is 19.1. The first-order chi connectivity index (χ1) is 11.7. The third-order valence-corrected chi connectivity index (χ3v) is 4.07. The van der Waals surface area contributed by atoms with Gasteiger partial charge in [-0.1, -0.05) is 24.3 Å². The summed E-state index contributed by atoms with van der Waals surface area (Å²) in [6.45, 7) is 0. The quantitative estimate of drug-likeness (QED) is 0.585. The predicted molar refractivity (Wildman–Crippen MR) is 95.6 cm³/mol. The number of hydrogen-bond donors (Lipinski definition) is 1. The Morgan fingerprint density at radius 3 is 2.50 bits per heavy atom. The van der Waals surface area contributed by atoms with Gasteiger partial charge in [0.15, 0.2) is 0 Å². The molecule has 2 aromatic heterocycles. The molecule has 0 aliphatic rings. The minimum atomic E-state index is -0.255. The number of hydrogen-bond acceptors (Lipinski definition) is 2. The van der Waals surface area contributed by atoms with Gasteiger partial charge in [-0.25, -0.2) is 8.91 Å². The van der Waals surface area contributed by atoms with Gasteiger partial charge in [0.1, 0.15) is 5.82 Å². The fraction of sp³-hybridized carbons (Fsp3) is 0.0500. The first-order valence-corrected chi connectivity index (χ1v) is 7.76. The van der Waals surface area contributed by atoms with Gasteiger partial charge in [0, 0.05) is 24.5 Å². The van der Waals surface area contributed by atoms with Crippen LogP contribution in [0.2, 0.25) is 0 Å². The zero-order valence-electron chi connectivity index (χ0n) is 13.2. The smallest absolute Gasteiger partial charge is 0.123 e. The highest BCUT2D eigenvalue weighted by Gasteiger charge is 2.07. The summed E-state index contributed by atoms with van der Waals surface area (Å²) in [6, 6.07) is 20.8. The zero-order valence-corrected chi connectivity index (χ0v) is 13.2. The number of rotatable bonds is 3. The monoisotopic (exact) mass is 317 g/mol. The van der Waals surface area contributed by atoms with E-state index in [0.29, 0.717) is 0 Å². The molecule has 0 bridgehead atoms. The van der Waals surface area contributed by atoms with Crippen LogP contribution < -0.4 is 5.32 Å². The van der Waals surface area contributed by atoms with Gasteiger partial charge >= 0.3 is 0 Å². The number of nitrogens with zero attached hydrogens (tertiary/aromatic N) is 2. The molecule has 2 aromatic carbocycles. The lowest BCUT2D eigenvalue weighted by Crippen LogP contribution is -1.90. The number of aromatic nitrogens is 2. The number of nitrogens with one attached hydrogen (secondary N) is 1. The van der Waals surface area contributed by atoms with Crippen LogP contribution in [0.4, 0.5) is 10.1 Å². The predicted octanol–water partition coefficient (Wildman–Crippen LogP) is 4.85. The Bertz CT molecular complexity index is 1020. The minimum absolute atomic E-state index is 0.255.